The van der Waals surface area contributed by atoms with Gasteiger partial charge < -0.3 is 20.9 Å². The lowest BCUT2D eigenvalue weighted by Crippen LogP contribution is -2.49. The SMILES string of the molecule is C.Cc1nc(Nc2ncc(C(=O)Nc3c(C)cccc3Cl)s2)cc(N2CCN[C@@H](C)C2)n1. The summed E-state index contributed by atoms with van der Waals surface area (Å²) in [6.07, 6.45) is 1.54. The molecule has 1 saturated heterocycles. The second-order valence-corrected chi connectivity index (χ2v) is 8.94. The molecular weight excluding hydrogens is 446 g/mol. The first-order chi connectivity index (χ1) is 14.9. The minimum Gasteiger partial charge on any atom is -0.354 e. The molecule has 1 atom stereocenters. The second-order valence-electron chi connectivity index (χ2n) is 7.50. The van der Waals surface area contributed by atoms with Gasteiger partial charge in [0, 0.05) is 31.7 Å². The molecule has 2 aromatic heterocycles. The third-order valence-electron chi connectivity index (χ3n) is 4.94. The van der Waals surface area contributed by atoms with Crippen LogP contribution >= 0.6 is 22.9 Å². The molecular formula is C22H28ClN7OS. The average molecular weight is 474 g/mol. The van der Waals surface area contributed by atoms with E-state index in [1.54, 1.807) is 12.3 Å². The predicted octanol–water partition coefficient (Wildman–Crippen LogP) is 4.63. The van der Waals surface area contributed by atoms with E-state index < -0.39 is 0 Å². The summed E-state index contributed by atoms with van der Waals surface area (Å²) in [5.74, 6) is 1.95. The molecule has 3 heterocycles. The molecule has 0 saturated carbocycles. The van der Waals surface area contributed by atoms with Crippen LogP contribution in [-0.4, -0.2) is 46.5 Å². The molecule has 3 N–H and O–H groups in total. The van der Waals surface area contributed by atoms with Crippen LogP contribution in [0.25, 0.3) is 0 Å². The number of aromatic nitrogens is 3. The highest BCUT2D eigenvalue weighted by Crippen LogP contribution is 2.28. The Morgan fingerprint density at radius 3 is 2.88 bits per heavy atom. The fraction of sp³-hybridized carbons (Fsp3) is 0.364. The largest absolute Gasteiger partial charge is 0.354 e. The van der Waals surface area contributed by atoms with Gasteiger partial charge in [0.1, 0.15) is 22.3 Å². The molecule has 0 aliphatic carbocycles. The van der Waals surface area contributed by atoms with Crippen molar-refractivity contribution in [3.63, 3.8) is 0 Å². The minimum atomic E-state index is -0.254. The minimum absolute atomic E-state index is 0. The number of hydrogen-bond donors (Lipinski definition) is 3. The molecule has 10 heteroatoms. The number of nitrogens with zero attached hydrogens (tertiary/aromatic N) is 4. The van der Waals surface area contributed by atoms with Crippen molar-refractivity contribution in [3.8, 4) is 0 Å². The van der Waals surface area contributed by atoms with Gasteiger partial charge in [-0.05, 0) is 32.4 Å². The van der Waals surface area contributed by atoms with E-state index in [0.29, 0.717) is 38.4 Å². The van der Waals surface area contributed by atoms with Gasteiger partial charge in [0.2, 0.25) is 0 Å². The van der Waals surface area contributed by atoms with Crippen molar-refractivity contribution in [1.29, 1.82) is 0 Å². The van der Waals surface area contributed by atoms with Crippen LogP contribution in [0.15, 0.2) is 30.5 Å². The van der Waals surface area contributed by atoms with E-state index in [4.69, 9.17) is 11.6 Å². The van der Waals surface area contributed by atoms with Crippen LogP contribution in [0.2, 0.25) is 5.02 Å². The third kappa shape index (κ3) is 5.53. The van der Waals surface area contributed by atoms with Gasteiger partial charge in [-0.25, -0.2) is 15.0 Å². The van der Waals surface area contributed by atoms with Crippen molar-refractivity contribution in [1.82, 2.24) is 20.3 Å². The Hall–Kier alpha value is -2.75. The Kier molecular flexibility index (Phi) is 7.65. The number of nitrogens with one attached hydrogen (secondary N) is 3. The number of aryl methyl sites for hydroxylation is 2. The Morgan fingerprint density at radius 1 is 1.31 bits per heavy atom. The zero-order valence-electron chi connectivity index (χ0n) is 17.6. The quantitative estimate of drug-likeness (QED) is 0.497. The predicted molar refractivity (Wildman–Crippen MR) is 133 cm³/mol. The molecule has 1 amide bonds. The third-order valence-corrected chi connectivity index (χ3v) is 6.17. The molecule has 4 rings (SSSR count). The van der Waals surface area contributed by atoms with Crippen LogP contribution in [0, 0.1) is 13.8 Å². The topological polar surface area (TPSA) is 95.1 Å². The van der Waals surface area contributed by atoms with Gasteiger partial charge in [0.15, 0.2) is 5.13 Å². The summed E-state index contributed by atoms with van der Waals surface area (Å²) in [5.41, 5.74) is 1.51. The summed E-state index contributed by atoms with van der Waals surface area (Å²) in [7, 11) is 0. The first kappa shape index (κ1) is 23.9. The highest BCUT2D eigenvalue weighted by atomic mass is 35.5. The summed E-state index contributed by atoms with van der Waals surface area (Å²) < 4.78 is 0. The van der Waals surface area contributed by atoms with Gasteiger partial charge in [0.25, 0.3) is 5.91 Å². The smallest absolute Gasteiger partial charge is 0.267 e. The van der Waals surface area contributed by atoms with Gasteiger partial charge in [0.05, 0.1) is 16.9 Å². The van der Waals surface area contributed by atoms with Gasteiger partial charge in [-0.3, -0.25) is 4.79 Å². The number of rotatable bonds is 5. The summed E-state index contributed by atoms with van der Waals surface area (Å²) >= 11 is 7.47. The number of benzene rings is 1. The Bertz CT molecular complexity index is 1080. The van der Waals surface area contributed by atoms with Crippen molar-refractivity contribution in [2.24, 2.45) is 0 Å². The molecule has 170 valence electrons. The maximum atomic E-state index is 12.7. The van der Waals surface area contributed by atoms with Crippen LogP contribution in [0.3, 0.4) is 0 Å². The van der Waals surface area contributed by atoms with Crippen LogP contribution < -0.4 is 20.9 Å². The fourth-order valence-corrected chi connectivity index (χ4v) is 4.42. The maximum Gasteiger partial charge on any atom is 0.267 e. The van der Waals surface area contributed by atoms with Gasteiger partial charge in [-0.1, -0.05) is 42.5 Å². The number of amides is 1. The number of carbonyl (C=O) groups is 1. The zero-order valence-corrected chi connectivity index (χ0v) is 19.1. The molecule has 0 bridgehead atoms. The lowest BCUT2D eigenvalue weighted by atomic mass is 10.2. The molecule has 8 nitrogen and oxygen atoms in total. The van der Waals surface area contributed by atoms with Crippen molar-refractivity contribution in [2.45, 2.75) is 34.2 Å². The van der Waals surface area contributed by atoms with E-state index in [9.17, 15) is 4.79 Å². The van der Waals surface area contributed by atoms with Crippen molar-refractivity contribution in [3.05, 3.63) is 51.7 Å². The van der Waals surface area contributed by atoms with E-state index in [2.05, 4.69) is 42.7 Å². The number of piperazine rings is 1. The number of thiazole rings is 1. The molecule has 0 spiro atoms. The molecule has 1 aromatic carbocycles. The molecule has 1 fully saturated rings. The van der Waals surface area contributed by atoms with E-state index in [1.165, 1.54) is 11.3 Å². The van der Waals surface area contributed by atoms with Crippen molar-refractivity contribution >= 4 is 51.3 Å². The lowest BCUT2D eigenvalue weighted by Gasteiger charge is -2.32. The van der Waals surface area contributed by atoms with Gasteiger partial charge in [-0.15, -0.1) is 0 Å². The summed E-state index contributed by atoms with van der Waals surface area (Å²) in [5, 5.41) is 10.6. The Morgan fingerprint density at radius 2 is 2.12 bits per heavy atom. The maximum absolute atomic E-state index is 12.7. The monoisotopic (exact) mass is 473 g/mol. The first-order valence-corrected chi connectivity index (χ1v) is 11.2. The number of anilines is 4. The highest BCUT2D eigenvalue weighted by molar-refractivity contribution is 7.17. The first-order valence-electron chi connectivity index (χ1n) is 10.0. The van der Waals surface area contributed by atoms with Crippen molar-refractivity contribution in [2.75, 3.05) is 35.2 Å². The number of para-hydroxylation sites is 1. The van der Waals surface area contributed by atoms with Gasteiger partial charge in [-0.2, -0.15) is 0 Å². The summed E-state index contributed by atoms with van der Waals surface area (Å²) in [6, 6.07) is 7.82. The molecule has 0 radical (unpaired) electrons. The van der Waals surface area contributed by atoms with Crippen molar-refractivity contribution < 1.29 is 4.79 Å². The number of carbonyl (C=O) groups excluding carboxylic acids is 1. The number of halogens is 1. The van der Waals surface area contributed by atoms with E-state index >= 15 is 0 Å². The van der Waals surface area contributed by atoms with Crippen LogP contribution in [0.1, 0.15) is 35.4 Å². The van der Waals surface area contributed by atoms with E-state index in [0.717, 1.165) is 31.0 Å². The lowest BCUT2D eigenvalue weighted by molar-refractivity contribution is 0.103. The fourth-order valence-electron chi connectivity index (χ4n) is 3.43. The molecule has 3 aromatic rings. The van der Waals surface area contributed by atoms with Crippen LogP contribution in [0.4, 0.5) is 22.5 Å². The highest BCUT2D eigenvalue weighted by Gasteiger charge is 2.19. The molecule has 32 heavy (non-hydrogen) atoms. The standard InChI is InChI=1S/C21H24ClN7OS.CH4/c1-12-5-4-6-15(22)19(12)28-20(30)16-10-24-21(31-16)27-17-9-18(26-14(3)25-17)29-8-7-23-13(2)11-29;/h4-6,9-10,13,23H,7-8,11H2,1-3H3,(H,28,30)(H,24,25,26,27);1H4/t13-;/m0./s1. The van der Waals surface area contributed by atoms with Crippen LogP contribution in [-0.2, 0) is 0 Å². The summed E-state index contributed by atoms with van der Waals surface area (Å²) in [6.45, 7) is 8.62. The average Bonchev–Trinajstić information content (AvgIpc) is 3.19. The molecule has 1 aliphatic heterocycles. The van der Waals surface area contributed by atoms with E-state index in [1.807, 2.05) is 32.0 Å². The molecule has 1 aliphatic rings. The van der Waals surface area contributed by atoms with Gasteiger partial charge >= 0.3 is 0 Å². The Balaban J connectivity index is 0.00000289. The number of hydrogen-bond acceptors (Lipinski definition) is 8. The molecule has 0 unspecified atom stereocenters. The Labute approximate surface area is 197 Å². The second kappa shape index (κ2) is 10.2. The van der Waals surface area contributed by atoms with Crippen LogP contribution in [0.5, 0.6) is 0 Å². The van der Waals surface area contributed by atoms with E-state index in [-0.39, 0.29) is 13.3 Å². The zero-order chi connectivity index (χ0) is 22.0. The normalized spacial score (nSPS) is 15.8. The summed E-state index contributed by atoms with van der Waals surface area (Å²) in [4.78, 5) is 28.8.